The predicted octanol–water partition coefficient (Wildman–Crippen LogP) is 0.951. The largest absolute Gasteiger partial charge is 0.481 e. The lowest BCUT2D eigenvalue weighted by atomic mass is 10.1. The number of terminal acetylenes is 1. The summed E-state index contributed by atoms with van der Waals surface area (Å²) in [5.74, 6) is 1.34. The summed E-state index contributed by atoms with van der Waals surface area (Å²) in [6.45, 7) is 1.89. The van der Waals surface area contributed by atoms with Crippen molar-refractivity contribution in [2.75, 3.05) is 0 Å². The summed E-state index contributed by atoms with van der Waals surface area (Å²) in [5.41, 5.74) is 0. The van der Waals surface area contributed by atoms with Crippen LogP contribution in [0.15, 0.2) is 0 Å². The third-order valence-corrected chi connectivity index (χ3v) is 3.03. The van der Waals surface area contributed by atoms with E-state index in [-0.39, 0.29) is 24.0 Å². The van der Waals surface area contributed by atoms with Gasteiger partial charge in [0, 0.05) is 6.04 Å². The molecule has 0 heterocycles. The molecule has 0 aromatic heterocycles. The number of hydrogen-bond acceptors (Lipinski definition) is 2. The van der Waals surface area contributed by atoms with Gasteiger partial charge in [0.2, 0.25) is 0 Å². The molecule has 0 aromatic rings. The van der Waals surface area contributed by atoms with Crippen LogP contribution < -0.4 is 10.6 Å². The van der Waals surface area contributed by atoms with E-state index in [1.807, 2.05) is 6.92 Å². The first-order chi connectivity index (χ1) is 8.06. The van der Waals surface area contributed by atoms with Crippen LogP contribution in [0.4, 0.5) is 4.79 Å². The molecule has 1 saturated carbocycles. The Hall–Kier alpha value is -1.70. The molecule has 0 bridgehead atoms. The van der Waals surface area contributed by atoms with Gasteiger partial charge in [0.1, 0.15) is 0 Å². The van der Waals surface area contributed by atoms with Gasteiger partial charge in [0.05, 0.1) is 12.0 Å². The van der Waals surface area contributed by atoms with Crippen molar-refractivity contribution >= 4 is 12.0 Å². The Morgan fingerprint density at radius 2 is 2.24 bits per heavy atom. The minimum atomic E-state index is -0.787. The number of carbonyl (C=O) groups excluding carboxylic acids is 1. The van der Waals surface area contributed by atoms with Crippen LogP contribution in [0.3, 0.4) is 0 Å². The smallest absolute Gasteiger partial charge is 0.315 e. The summed E-state index contributed by atoms with van der Waals surface area (Å²) in [5, 5.41) is 14.2. The second-order valence-electron chi connectivity index (χ2n) is 4.29. The van der Waals surface area contributed by atoms with Crippen LogP contribution in [0.5, 0.6) is 0 Å². The van der Waals surface area contributed by atoms with Crippen molar-refractivity contribution < 1.29 is 14.7 Å². The third-order valence-electron chi connectivity index (χ3n) is 3.03. The number of urea groups is 1. The molecule has 1 fully saturated rings. The molecule has 94 valence electrons. The third kappa shape index (κ3) is 3.99. The van der Waals surface area contributed by atoms with Gasteiger partial charge in [-0.2, -0.15) is 0 Å². The summed E-state index contributed by atoms with van der Waals surface area (Å²) in [4.78, 5) is 22.3. The van der Waals surface area contributed by atoms with Crippen LogP contribution in [0.25, 0.3) is 0 Å². The molecule has 0 radical (unpaired) electrons. The summed E-state index contributed by atoms with van der Waals surface area (Å²) >= 11 is 0. The lowest BCUT2D eigenvalue weighted by molar-refractivity contribution is -0.141. The first kappa shape index (κ1) is 13.4. The monoisotopic (exact) mass is 238 g/mol. The Bertz CT molecular complexity index is 335. The molecule has 1 unspecified atom stereocenters. The van der Waals surface area contributed by atoms with Crippen molar-refractivity contribution in [1.82, 2.24) is 10.6 Å². The van der Waals surface area contributed by atoms with Gasteiger partial charge in [-0.3, -0.25) is 4.79 Å². The molecule has 1 aliphatic carbocycles. The van der Waals surface area contributed by atoms with Gasteiger partial charge in [-0.1, -0.05) is 12.8 Å². The highest BCUT2D eigenvalue weighted by Crippen LogP contribution is 2.25. The van der Waals surface area contributed by atoms with Crippen LogP contribution >= 0.6 is 0 Å². The van der Waals surface area contributed by atoms with E-state index in [1.165, 1.54) is 0 Å². The van der Waals surface area contributed by atoms with Gasteiger partial charge in [0.25, 0.3) is 0 Å². The number of nitrogens with one attached hydrogen (secondary N) is 2. The highest BCUT2D eigenvalue weighted by molar-refractivity contribution is 5.75. The number of carbonyl (C=O) groups is 2. The Morgan fingerprint density at radius 3 is 2.71 bits per heavy atom. The van der Waals surface area contributed by atoms with E-state index < -0.39 is 5.97 Å². The summed E-state index contributed by atoms with van der Waals surface area (Å²) in [6, 6.07) is -0.649. The second kappa shape index (κ2) is 6.14. The van der Waals surface area contributed by atoms with E-state index in [0.717, 1.165) is 0 Å². The van der Waals surface area contributed by atoms with Crippen LogP contribution in [-0.4, -0.2) is 29.2 Å². The van der Waals surface area contributed by atoms with Crippen molar-refractivity contribution in [2.45, 2.75) is 44.7 Å². The molecular formula is C12H18N2O3. The molecule has 0 aromatic carbocycles. The molecule has 0 aliphatic heterocycles. The second-order valence-corrected chi connectivity index (χ2v) is 4.29. The maximum Gasteiger partial charge on any atom is 0.315 e. The molecule has 0 spiro atoms. The normalized spacial score (nSPS) is 24.7. The summed E-state index contributed by atoms with van der Waals surface area (Å²) in [6.07, 6.45) is 7.72. The fraction of sp³-hybridized carbons (Fsp3) is 0.667. The van der Waals surface area contributed by atoms with E-state index in [1.54, 1.807) is 0 Å². The summed E-state index contributed by atoms with van der Waals surface area (Å²) in [7, 11) is 0. The SMILES string of the molecule is C#CC(CC)NC(=O)N[C@H]1CC[C@@H](C(=O)O)C1. The maximum absolute atomic E-state index is 11.5. The zero-order valence-electron chi connectivity index (χ0n) is 9.90. The molecule has 5 nitrogen and oxygen atoms in total. The fourth-order valence-electron chi connectivity index (χ4n) is 1.98. The number of rotatable bonds is 4. The standard InChI is InChI=1S/C12H18N2O3/c1-3-9(4-2)13-12(17)14-10-6-5-8(7-10)11(15)16/h1,8-10H,4-7H2,2H3,(H,15,16)(H2,13,14,17)/t8-,9?,10+/m1/s1. The molecule has 1 rings (SSSR count). The molecule has 3 N–H and O–H groups in total. The number of carboxylic acids is 1. The van der Waals surface area contributed by atoms with Crippen molar-refractivity contribution in [1.29, 1.82) is 0 Å². The molecule has 1 aliphatic rings. The average molecular weight is 238 g/mol. The van der Waals surface area contributed by atoms with Crippen LogP contribution in [0.2, 0.25) is 0 Å². The van der Waals surface area contributed by atoms with Gasteiger partial charge in [0.15, 0.2) is 0 Å². The molecule has 17 heavy (non-hydrogen) atoms. The highest BCUT2D eigenvalue weighted by Gasteiger charge is 2.30. The summed E-state index contributed by atoms with van der Waals surface area (Å²) < 4.78 is 0. The molecule has 2 amide bonds. The quantitative estimate of drug-likeness (QED) is 0.638. The molecule has 0 saturated heterocycles. The maximum atomic E-state index is 11.5. The zero-order chi connectivity index (χ0) is 12.8. The minimum absolute atomic E-state index is 0.0635. The highest BCUT2D eigenvalue weighted by atomic mass is 16.4. The van der Waals surface area contributed by atoms with E-state index in [4.69, 9.17) is 11.5 Å². The zero-order valence-corrected chi connectivity index (χ0v) is 9.90. The van der Waals surface area contributed by atoms with E-state index in [9.17, 15) is 9.59 Å². The van der Waals surface area contributed by atoms with Crippen LogP contribution in [0, 0.1) is 18.3 Å². The van der Waals surface area contributed by atoms with E-state index in [2.05, 4.69) is 16.6 Å². The van der Waals surface area contributed by atoms with Crippen LogP contribution in [0.1, 0.15) is 32.6 Å². The molecule has 3 atom stereocenters. The fourth-order valence-corrected chi connectivity index (χ4v) is 1.98. The van der Waals surface area contributed by atoms with Crippen molar-refractivity contribution in [3.8, 4) is 12.3 Å². The van der Waals surface area contributed by atoms with E-state index >= 15 is 0 Å². The Morgan fingerprint density at radius 1 is 1.53 bits per heavy atom. The van der Waals surface area contributed by atoms with E-state index in [0.29, 0.717) is 25.7 Å². The Labute approximate surface area is 101 Å². The Balaban J connectivity index is 2.33. The number of carboxylic acid groups (broad SMARTS) is 1. The van der Waals surface area contributed by atoms with Gasteiger partial charge in [-0.25, -0.2) is 4.79 Å². The van der Waals surface area contributed by atoms with Crippen molar-refractivity contribution in [2.24, 2.45) is 5.92 Å². The lowest BCUT2D eigenvalue weighted by Gasteiger charge is -2.16. The number of aliphatic carboxylic acids is 1. The van der Waals surface area contributed by atoms with Gasteiger partial charge >= 0.3 is 12.0 Å². The van der Waals surface area contributed by atoms with Crippen molar-refractivity contribution in [3.05, 3.63) is 0 Å². The first-order valence-corrected chi connectivity index (χ1v) is 5.82. The van der Waals surface area contributed by atoms with Gasteiger partial charge in [-0.15, -0.1) is 6.42 Å². The predicted molar refractivity (Wildman–Crippen MR) is 63.3 cm³/mol. The molecular weight excluding hydrogens is 220 g/mol. The molecule has 5 heteroatoms. The van der Waals surface area contributed by atoms with Gasteiger partial charge in [-0.05, 0) is 25.7 Å². The first-order valence-electron chi connectivity index (χ1n) is 5.82. The topological polar surface area (TPSA) is 78.4 Å². The lowest BCUT2D eigenvalue weighted by Crippen LogP contribution is -2.45. The van der Waals surface area contributed by atoms with Gasteiger partial charge < -0.3 is 15.7 Å². The van der Waals surface area contributed by atoms with Crippen LogP contribution in [-0.2, 0) is 4.79 Å². The number of amides is 2. The Kier molecular flexibility index (Phi) is 4.83. The average Bonchev–Trinajstić information content (AvgIpc) is 2.74. The minimum Gasteiger partial charge on any atom is -0.481 e. The van der Waals surface area contributed by atoms with Crippen molar-refractivity contribution in [3.63, 3.8) is 0 Å². The number of hydrogen-bond donors (Lipinski definition) is 3.